The normalized spacial score (nSPS) is 19.3. The molecule has 0 unspecified atom stereocenters. The highest BCUT2D eigenvalue weighted by atomic mass is 35.5. The van der Waals surface area contributed by atoms with Gasteiger partial charge in [0.25, 0.3) is 0 Å². The van der Waals surface area contributed by atoms with Gasteiger partial charge in [0.05, 0.1) is 10.0 Å². The number of urea groups is 1. The molecule has 1 aromatic carbocycles. The van der Waals surface area contributed by atoms with Crippen LogP contribution in [0.2, 0.25) is 10.0 Å². The molecule has 1 atom stereocenters. The molecule has 1 aliphatic rings. The molecule has 1 fully saturated rings. The van der Waals surface area contributed by atoms with E-state index < -0.39 is 0 Å². The molecule has 0 saturated carbocycles. The fourth-order valence-electron chi connectivity index (χ4n) is 2.16. The first-order valence-corrected chi connectivity index (χ1v) is 7.05. The summed E-state index contributed by atoms with van der Waals surface area (Å²) >= 11 is 12.0. The maximum absolute atomic E-state index is 12.0. The fraction of sp³-hybridized carbons (Fsp3) is 0.462. The molecular weight excluding hydrogens is 285 g/mol. The van der Waals surface area contributed by atoms with Crippen molar-refractivity contribution in [1.29, 1.82) is 0 Å². The van der Waals surface area contributed by atoms with Gasteiger partial charge < -0.3 is 16.0 Å². The summed E-state index contributed by atoms with van der Waals surface area (Å²) in [4.78, 5) is 13.7. The number of amides is 2. The van der Waals surface area contributed by atoms with Gasteiger partial charge >= 0.3 is 6.03 Å². The second-order valence-electron chi connectivity index (χ2n) is 4.72. The molecule has 0 bridgehead atoms. The Kier molecular flexibility index (Phi) is 4.91. The summed E-state index contributed by atoms with van der Waals surface area (Å²) in [5, 5.41) is 3.83. The van der Waals surface area contributed by atoms with Gasteiger partial charge in [0, 0.05) is 25.7 Å². The van der Waals surface area contributed by atoms with Crippen LogP contribution in [0.5, 0.6) is 0 Å². The molecule has 2 amide bonds. The number of nitrogens with one attached hydrogen (secondary N) is 1. The Bertz CT molecular complexity index is 467. The van der Waals surface area contributed by atoms with Crippen LogP contribution in [0.1, 0.15) is 18.4 Å². The number of halogens is 2. The standard InChI is InChI=1S/C13H17Cl2N3O/c14-11-5-1-3-9(12(11)15)7-17-13(19)18-6-2-4-10(16)8-18/h1,3,5,10H,2,4,6-8,16H2,(H,17,19)/t10-/m0/s1. The molecule has 6 heteroatoms. The monoisotopic (exact) mass is 301 g/mol. The van der Waals surface area contributed by atoms with Crippen LogP contribution >= 0.6 is 23.2 Å². The van der Waals surface area contributed by atoms with E-state index in [-0.39, 0.29) is 12.1 Å². The molecule has 19 heavy (non-hydrogen) atoms. The van der Waals surface area contributed by atoms with E-state index in [0.717, 1.165) is 24.9 Å². The van der Waals surface area contributed by atoms with Crippen molar-refractivity contribution < 1.29 is 4.79 Å². The van der Waals surface area contributed by atoms with Gasteiger partial charge in [0.15, 0.2) is 0 Å². The lowest BCUT2D eigenvalue weighted by atomic mass is 10.1. The number of benzene rings is 1. The lowest BCUT2D eigenvalue weighted by Crippen LogP contribution is -2.49. The van der Waals surface area contributed by atoms with Crippen LogP contribution in [0.4, 0.5) is 4.79 Å². The van der Waals surface area contributed by atoms with Gasteiger partial charge in [0.2, 0.25) is 0 Å². The van der Waals surface area contributed by atoms with E-state index >= 15 is 0 Å². The largest absolute Gasteiger partial charge is 0.334 e. The quantitative estimate of drug-likeness (QED) is 0.882. The number of hydrogen-bond donors (Lipinski definition) is 2. The summed E-state index contributed by atoms with van der Waals surface area (Å²) in [6.07, 6.45) is 1.93. The predicted molar refractivity (Wildman–Crippen MR) is 77.5 cm³/mol. The Morgan fingerprint density at radius 2 is 2.26 bits per heavy atom. The van der Waals surface area contributed by atoms with Crippen molar-refractivity contribution in [3.05, 3.63) is 33.8 Å². The SMILES string of the molecule is N[C@H]1CCCN(C(=O)NCc2cccc(Cl)c2Cl)C1. The number of carbonyl (C=O) groups is 1. The minimum absolute atomic E-state index is 0.0780. The number of likely N-dealkylation sites (tertiary alicyclic amines) is 1. The van der Waals surface area contributed by atoms with Crippen molar-refractivity contribution in [3.8, 4) is 0 Å². The summed E-state index contributed by atoms with van der Waals surface area (Å²) in [6, 6.07) is 5.35. The van der Waals surface area contributed by atoms with Gasteiger partial charge in [-0.2, -0.15) is 0 Å². The molecule has 1 aliphatic heterocycles. The third-order valence-electron chi connectivity index (χ3n) is 3.21. The van der Waals surface area contributed by atoms with Gasteiger partial charge in [-0.3, -0.25) is 0 Å². The highest BCUT2D eigenvalue weighted by Crippen LogP contribution is 2.25. The van der Waals surface area contributed by atoms with Crippen LogP contribution < -0.4 is 11.1 Å². The molecule has 1 saturated heterocycles. The number of rotatable bonds is 2. The van der Waals surface area contributed by atoms with Gasteiger partial charge in [0.1, 0.15) is 0 Å². The zero-order valence-electron chi connectivity index (χ0n) is 10.5. The third kappa shape index (κ3) is 3.75. The lowest BCUT2D eigenvalue weighted by molar-refractivity contribution is 0.179. The molecule has 0 aliphatic carbocycles. The second-order valence-corrected chi connectivity index (χ2v) is 5.51. The smallest absolute Gasteiger partial charge is 0.317 e. The maximum atomic E-state index is 12.0. The summed E-state index contributed by atoms with van der Waals surface area (Å²) < 4.78 is 0. The minimum atomic E-state index is -0.105. The summed E-state index contributed by atoms with van der Waals surface area (Å²) in [5.74, 6) is 0. The van der Waals surface area contributed by atoms with Crippen molar-refractivity contribution in [2.24, 2.45) is 5.73 Å². The van der Waals surface area contributed by atoms with E-state index in [1.807, 2.05) is 12.1 Å². The van der Waals surface area contributed by atoms with E-state index in [9.17, 15) is 4.79 Å². The predicted octanol–water partition coefficient (Wildman–Crippen LogP) is 2.63. The van der Waals surface area contributed by atoms with E-state index in [2.05, 4.69) is 5.32 Å². The van der Waals surface area contributed by atoms with Crippen LogP contribution in [0.15, 0.2) is 18.2 Å². The summed E-state index contributed by atoms with van der Waals surface area (Å²) in [7, 11) is 0. The molecule has 1 heterocycles. The van der Waals surface area contributed by atoms with Gasteiger partial charge in [-0.1, -0.05) is 35.3 Å². The molecule has 4 nitrogen and oxygen atoms in total. The first-order valence-electron chi connectivity index (χ1n) is 6.29. The third-order valence-corrected chi connectivity index (χ3v) is 4.06. The maximum Gasteiger partial charge on any atom is 0.317 e. The van der Waals surface area contributed by atoms with E-state index in [4.69, 9.17) is 28.9 Å². The molecule has 0 aromatic heterocycles. The molecule has 0 radical (unpaired) electrons. The first kappa shape index (κ1) is 14.4. The zero-order valence-corrected chi connectivity index (χ0v) is 12.0. The minimum Gasteiger partial charge on any atom is -0.334 e. The van der Waals surface area contributed by atoms with E-state index in [0.29, 0.717) is 23.1 Å². The topological polar surface area (TPSA) is 58.4 Å². The highest BCUT2D eigenvalue weighted by molar-refractivity contribution is 6.42. The molecule has 104 valence electrons. The van der Waals surface area contributed by atoms with Crippen molar-refractivity contribution in [2.45, 2.75) is 25.4 Å². The van der Waals surface area contributed by atoms with Crippen LogP contribution in [0.25, 0.3) is 0 Å². The second kappa shape index (κ2) is 6.46. The Balaban J connectivity index is 1.91. The lowest BCUT2D eigenvalue weighted by Gasteiger charge is -2.30. The zero-order chi connectivity index (χ0) is 13.8. The van der Waals surface area contributed by atoms with Crippen molar-refractivity contribution >= 4 is 29.2 Å². The van der Waals surface area contributed by atoms with Crippen LogP contribution in [-0.4, -0.2) is 30.1 Å². The van der Waals surface area contributed by atoms with Crippen LogP contribution in [-0.2, 0) is 6.54 Å². The average molecular weight is 302 g/mol. The molecule has 2 rings (SSSR count). The number of carbonyl (C=O) groups excluding carboxylic acids is 1. The molecule has 1 aromatic rings. The van der Waals surface area contributed by atoms with Gasteiger partial charge in [-0.15, -0.1) is 0 Å². The number of hydrogen-bond acceptors (Lipinski definition) is 2. The molecule has 3 N–H and O–H groups in total. The van der Waals surface area contributed by atoms with Gasteiger partial charge in [-0.25, -0.2) is 4.79 Å². The Hall–Kier alpha value is -0.970. The molecule has 0 spiro atoms. The molecular formula is C13H17Cl2N3O. The van der Waals surface area contributed by atoms with Crippen LogP contribution in [0.3, 0.4) is 0 Å². The van der Waals surface area contributed by atoms with E-state index in [1.165, 1.54) is 0 Å². The van der Waals surface area contributed by atoms with Crippen LogP contribution in [0, 0.1) is 0 Å². The first-order chi connectivity index (χ1) is 9.08. The average Bonchev–Trinajstić information content (AvgIpc) is 2.40. The summed E-state index contributed by atoms with van der Waals surface area (Å²) in [5.41, 5.74) is 6.66. The number of piperidine rings is 1. The van der Waals surface area contributed by atoms with Crippen molar-refractivity contribution in [3.63, 3.8) is 0 Å². The highest BCUT2D eigenvalue weighted by Gasteiger charge is 2.21. The Morgan fingerprint density at radius 3 is 3.00 bits per heavy atom. The Morgan fingerprint density at radius 1 is 1.47 bits per heavy atom. The van der Waals surface area contributed by atoms with Gasteiger partial charge in [-0.05, 0) is 24.5 Å². The summed E-state index contributed by atoms with van der Waals surface area (Å²) in [6.45, 7) is 1.72. The van der Waals surface area contributed by atoms with Crippen molar-refractivity contribution in [2.75, 3.05) is 13.1 Å². The number of nitrogens with zero attached hydrogens (tertiary/aromatic N) is 1. The number of nitrogens with two attached hydrogens (primary N) is 1. The Labute approximate surface area is 122 Å². The van der Waals surface area contributed by atoms with Crippen molar-refractivity contribution in [1.82, 2.24) is 10.2 Å². The van der Waals surface area contributed by atoms with E-state index in [1.54, 1.807) is 11.0 Å². The fourth-order valence-corrected chi connectivity index (χ4v) is 2.55.